The summed E-state index contributed by atoms with van der Waals surface area (Å²) in [6, 6.07) is 3.78. The maximum atomic E-state index is 12.3. The van der Waals surface area contributed by atoms with E-state index in [1.165, 1.54) is 0 Å². The number of likely N-dealkylation sites (N-methyl/N-ethyl adjacent to an activating group) is 1. The average Bonchev–Trinajstić information content (AvgIpc) is 2.97. The fourth-order valence-electron chi connectivity index (χ4n) is 2.60. The van der Waals surface area contributed by atoms with Crippen molar-refractivity contribution >= 4 is 11.8 Å². The Bertz CT molecular complexity index is 448. The zero-order chi connectivity index (χ0) is 14.5. The van der Waals surface area contributed by atoms with Crippen LogP contribution in [0.2, 0.25) is 0 Å². The van der Waals surface area contributed by atoms with Crippen LogP contribution in [0.3, 0.4) is 0 Å². The smallest absolute Gasteiger partial charge is 0.225 e. The third-order valence-corrected chi connectivity index (χ3v) is 3.94. The van der Waals surface area contributed by atoms with E-state index in [9.17, 15) is 9.59 Å². The van der Waals surface area contributed by atoms with Gasteiger partial charge in [0.25, 0.3) is 0 Å². The highest BCUT2D eigenvalue weighted by Gasteiger charge is 2.27. The van der Waals surface area contributed by atoms with E-state index in [0.717, 1.165) is 25.0 Å². The molecule has 0 atom stereocenters. The third-order valence-electron chi connectivity index (χ3n) is 3.94. The van der Waals surface area contributed by atoms with Crippen molar-refractivity contribution in [3.8, 4) is 0 Å². The van der Waals surface area contributed by atoms with Gasteiger partial charge in [-0.05, 0) is 25.0 Å². The second-order valence-corrected chi connectivity index (χ2v) is 5.37. The number of nitrogens with zero attached hydrogens (tertiary/aromatic N) is 2. The van der Waals surface area contributed by atoms with Crippen LogP contribution in [0.5, 0.6) is 0 Å². The van der Waals surface area contributed by atoms with Crippen LogP contribution in [-0.2, 0) is 16.0 Å². The molecule has 0 unspecified atom stereocenters. The van der Waals surface area contributed by atoms with Crippen molar-refractivity contribution in [2.24, 2.45) is 5.92 Å². The van der Waals surface area contributed by atoms with Gasteiger partial charge in [-0.25, -0.2) is 0 Å². The summed E-state index contributed by atoms with van der Waals surface area (Å²) in [6.07, 6.45) is 3.92. The first kappa shape index (κ1) is 14.6. The zero-order valence-electron chi connectivity index (χ0n) is 12.2. The molecule has 2 rings (SSSR count). The van der Waals surface area contributed by atoms with E-state index in [1.54, 1.807) is 18.1 Å². The lowest BCUT2D eigenvalue weighted by Gasteiger charge is -2.32. The Morgan fingerprint density at radius 3 is 2.65 bits per heavy atom. The molecule has 5 nitrogen and oxygen atoms in total. The van der Waals surface area contributed by atoms with Gasteiger partial charge in [0.05, 0.1) is 6.26 Å². The summed E-state index contributed by atoms with van der Waals surface area (Å²) in [7, 11) is 1.84. The van der Waals surface area contributed by atoms with E-state index >= 15 is 0 Å². The Morgan fingerprint density at radius 2 is 2.10 bits per heavy atom. The van der Waals surface area contributed by atoms with Crippen LogP contribution in [0.1, 0.15) is 25.5 Å². The predicted octanol–water partition coefficient (Wildman–Crippen LogP) is 1.54. The Kier molecular flexibility index (Phi) is 4.82. The fourth-order valence-corrected chi connectivity index (χ4v) is 2.60. The van der Waals surface area contributed by atoms with Crippen LogP contribution in [0.25, 0.3) is 0 Å². The highest BCUT2D eigenvalue weighted by molar-refractivity contribution is 5.79. The average molecular weight is 278 g/mol. The Balaban J connectivity index is 1.77. The van der Waals surface area contributed by atoms with Gasteiger partial charge < -0.3 is 14.2 Å². The van der Waals surface area contributed by atoms with Gasteiger partial charge >= 0.3 is 0 Å². The molecule has 0 aromatic carbocycles. The summed E-state index contributed by atoms with van der Waals surface area (Å²) in [5, 5.41) is 0. The molecular weight excluding hydrogens is 256 g/mol. The molecule has 2 heterocycles. The quantitative estimate of drug-likeness (QED) is 0.839. The highest BCUT2D eigenvalue weighted by atomic mass is 16.3. The number of hydrogen-bond donors (Lipinski definition) is 0. The minimum Gasteiger partial charge on any atom is -0.469 e. The van der Waals surface area contributed by atoms with Gasteiger partial charge in [0.1, 0.15) is 5.76 Å². The van der Waals surface area contributed by atoms with Gasteiger partial charge in [0.2, 0.25) is 11.8 Å². The largest absolute Gasteiger partial charge is 0.469 e. The van der Waals surface area contributed by atoms with Gasteiger partial charge in [-0.15, -0.1) is 0 Å². The van der Waals surface area contributed by atoms with Crippen LogP contribution in [-0.4, -0.2) is 48.3 Å². The van der Waals surface area contributed by atoms with E-state index in [-0.39, 0.29) is 17.7 Å². The van der Waals surface area contributed by atoms with E-state index in [1.807, 2.05) is 24.1 Å². The molecule has 5 heteroatoms. The normalized spacial score (nSPS) is 16.2. The number of rotatable bonds is 4. The van der Waals surface area contributed by atoms with E-state index in [4.69, 9.17) is 4.42 Å². The van der Waals surface area contributed by atoms with Gasteiger partial charge in [0, 0.05) is 45.9 Å². The van der Waals surface area contributed by atoms with Gasteiger partial charge in [-0.1, -0.05) is 0 Å². The Hall–Kier alpha value is -1.78. The van der Waals surface area contributed by atoms with Gasteiger partial charge in [-0.2, -0.15) is 0 Å². The summed E-state index contributed by atoms with van der Waals surface area (Å²) < 4.78 is 5.27. The first-order valence-corrected chi connectivity index (χ1v) is 7.11. The Morgan fingerprint density at radius 1 is 1.40 bits per heavy atom. The molecule has 0 bridgehead atoms. The number of carbonyl (C=O) groups is 2. The molecule has 1 saturated heterocycles. The van der Waals surface area contributed by atoms with Crippen LogP contribution in [0.4, 0.5) is 0 Å². The zero-order valence-corrected chi connectivity index (χ0v) is 12.2. The van der Waals surface area contributed by atoms with Crippen LogP contribution < -0.4 is 0 Å². The summed E-state index contributed by atoms with van der Waals surface area (Å²) in [5.41, 5.74) is 0. The minimum absolute atomic E-state index is 0.0483. The van der Waals surface area contributed by atoms with E-state index in [0.29, 0.717) is 19.6 Å². The number of likely N-dealkylation sites (tertiary alicyclic amines) is 1. The van der Waals surface area contributed by atoms with Crippen molar-refractivity contribution in [2.75, 3.05) is 26.7 Å². The molecule has 0 radical (unpaired) electrons. The molecule has 0 spiro atoms. The lowest BCUT2D eigenvalue weighted by molar-refractivity contribution is -0.139. The van der Waals surface area contributed by atoms with Crippen LogP contribution >= 0.6 is 0 Å². The molecule has 2 amide bonds. The standard InChI is InChI=1S/C15H22N2O3/c1-12(18)17-9-5-13(6-10-17)15(19)16(2)8-7-14-4-3-11-20-14/h3-4,11,13H,5-10H2,1-2H3. The monoisotopic (exact) mass is 278 g/mol. The summed E-state index contributed by atoms with van der Waals surface area (Å²) in [6.45, 7) is 3.63. The Labute approximate surface area is 119 Å². The second kappa shape index (κ2) is 6.59. The third kappa shape index (κ3) is 3.62. The van der Waals surface area contributed by atoms with Crippen LogP contribution in [0.15, 0.2) is 22.8 Å². The lowest BCUT2D eigenvalue weighted by Crippen LogP contribution is -2.43. The maximum absolute atomic E-state index is 12.3. The maximum Gasteiger partial charge on any atom is 0.225 e. The van der Waals surface area contributed by atoms with Crippen molar-refractivity contribution < 1.29 is 14.0 Å². The van der Waals surface area contributed by atoms with Crippen molar-refractivity contribution in [1.82, 2.24) is 9.80 Å². The molecule has 110 valence electrons. The van der Waals surface area contributed by atoms with Crippen molar-refractivity contribution in [3.05, 3.63) is 24.2 Å². The summed E-state index contributed by atoms with van der Waals surface area (Å²) in [5.74, 6) is 1.23. The van der Waals surface area contributed by atoms with Crippen molar-refractivity contribution in [1.29, 1.82) is 0 Å². The molecule has 20 heavy (non-hydrogen) atoms. The lowest BCUT2D eigenvalue weighted by atomic mass is 9.95. The van der Waals surface area contributed by atoms with Crippen molar-refractivity contribution in [3.63, 3.8) is 0 Å². The molecule has 1 aromatic rings. The van der Waals surface area contributed by atoms with Gasteiger partial charge in [0.15, 0.2) is 0 Å². The van der Waals surface area contributed by atoms with Gasteiger partial charge in [-0.3, -0.25) is 9.59 Å². The topological polar surface area (TPSA) is 53.8 Å². The molecular formula is C15H22N2O3. The number of carbonyl (C=O) groups excluding carboxylic acids is 2. The molecule has 0 N–H and O–H groups in total. The SMILES string of the molecule is CC(=O)N1CCC(C(=O)N(C)CCc2ccco2)CC1. The molecule has 1 fully saturated rings. The second-order valence-electron chi connectivity index (χ2n) is 5.37. The number of furan rings is 1. The van der Waals surface area contributed by atoms with E-state index in [2.05, 4.69) is 0 Å². The summed E-state index contributed by atoms with van der Waals surface area (Å²) in [4.78, 5) is 27.2. The molecule has 1 aliphatic heterocycles. The van der Waals surface area contributed by atoms with Crippen LogP contribution in [0, 0.1) is 5.92 Å². The molecule has 1 aliphatic rings. The molecule has 0 saturated carbocycles. The number of amides is 2. The highest BCUT2D eigenvalue weighted by Crippen LogP contribution is 2.19. The molecule has 0 aliphatic carbocycles. The number of piperidine rings is 1. The number of hydrogen-bond acceptors (Lipinski definition) is 3. The summed E-state index contributed by atoms with van der Waals surface area (Å²) >= 11 is 0. The fraction of sp³-hybridized carbons (Fsp3) is 0.600. The predicted molar refractivity (Wildman–Crippen MR) is 75.0 cm³/mol. The van der Waals surface area contributed by atoms with Crippen molar-refractivity contribution in [2.45, 2.75) is 26.2 Å². The first-order valence-electron chi connectivity index (χ1n) is 7.11. The van der Waals surface area contributed by atoms with E-state index < -0.39 is 0 Å². The molecule has 1 aromatic heterocycles. The minimum atomic E-state index is 0.0483. The first-order chi connectivity index (χ1) is 9.58.